The third-order valence-corrected chi connectivity index (χ3v) is 4.51. The van der Waals surface area contributed by atoms with Gasteiger partial charge in [0, 0.05) is 24.2 Å². The third-order valence-electron chi connectivity index (χ3n) is 4.51. The van der Waals surface area contributed by atoms with Gasteiger partial charge in [-0.3, -0.25) is 9.59 Å². The summed E-state index contributed by atoms with van der Waals surface area (Å²) in [7, 11) is 0. The second-order valence-electron chi connectivity index (χ2n) is 5.96. The fraction of sp³-hybridized carbons (Fsp3) is 0.562. The smallest absolute Gasteiger partial charge is 0.266 e. The van der Waals surface area contributed by atoms with E-state index < -0.39 is 0 Å². The standard InChI is InChI=1S/C16H21N3O2/c20-15-6-3-11-17-19(15)14-9-7-13(8-10-14)18-16(21)12-4-1-2-5-12/h1-3,6,11-14H,4-5,7-10H2,(H,18,21). The fourth-order valence-electron chi connectivity index (χ4n) is 3.26. The van der Waals surface area contributed by atoms with Gasteiger partial charge in [-0.2, -0.15) is 5.10 Å². The molecule has 0 spiro atoms. The van der Waals surface area contributed by atoms with E-state index in [0.29, 0.717) is 0 Å². The molecule has 5 nitrogen and oxygen atoms in total. The Hall–Kier alpha value is -1.91. The van der Waals surface area contributed by atoms with Crippen LogP contribution >= 0.6 is 0 Å². The average Bonchev–Trinajstić information content (AvgIpc) is 3.03. The van der Waals surface area contributed by atoms with Gasteiger partial charge in [-0.05, 0) is 44.6 Å². The molecule has 1 fully saturated rings. The topological polar surface area (TPSA) is 64.0 Å². The molecule has 0 radical (unpaired) electrons. The molecule has 1 heterocycles. The van der Waals surface area contributed by atoms with E-state index in [2.05, 4.69) is 22.6 Å². The monoisotopic (exact) mass is 287 g/mol. The molecule has 3 rings (SSSR count). The van der Waals surface area contributed by atoms with Crippen LogP contribution in [0.3, 0.4) is 0 Å². The summed E-state index contributed by atoms with van der Waals surface area (Å²) < 4.78 is 1.58. The van der Waals surface area contributed by atoms with Crippen molar-refractivity contribution in [1.82, 2.24) is 15.1 Å². The van der Waals surface area contributed by atoms with E-state index in [4.69, 9.17) is 0 Å². The molecule has 5 heteroatoms. The highest BCUT2D eigenvalue weighted by Gasteiger charge is 2.27. The molecule has 112 valence electrons. The number of carbonyl (C=O) groups excluding carboxylic acids is 1. The van der Waals surface area contributed by atoms with Crippen LogP contribution in [-0.4, -0.2) is 21.7 Å². The first-order valence-electron chi connectivity index (χ1n) is 7.73. The maximum atomic E-state index is 12.1. The summed E-state index contributed by atoms with van der Waals surface area (Å²) in [6.07, 6.45) is 11.2. The van der Waals surface area contributed by atoms with Crippen molar-refractivity contribution in [3.05, 3.63) is 40.8 Å². The Balaban J connectivity index is 1.52. The lowest BCUT2D eigenvalue weighted by Crippen LogP contribution is -2.41. The minimum absolute atomic E-state index is 0.0398. The van der Waals surface area contributed by atoms with Crippen LogP contribution in [0.25, 0.3) is 0 Å². The summed E-state index contributed by atoms with van der Waals surface area (Å²) in [6, 6.07) is 3.63. The Morgan fingerprint density at radius 1 is 1.19 bits per heavy atom. The van der Waals surface area contributed by atoms with Gasteiger partial charge in [-0.15, -0.1) is 0 Å². The molecule has 1 aromatic heterocycles. The van der Waals surface area contributed by atoms with Crippen molar-refractivity contribution in [1.29, 1.82) is 0 Å². The van der Waals surface area contributed by atoms with Gasteiger partial charge in [0.15, 0.2) is 0 Å². The Bertz CT molecular complexity index is 577. The van der Waals surface area contributed by atoms with Crippen LogP contribution in [-0.2, 0) is 4.79 Å². The highest BCUT2D eigenvalue weighted by molar-refractivity contribution is 5.79. The normalized spacial score (nSPS) is 25.9. The van der Waals surface area contributed by atoms with Crippen LogP contribution in [0.15, 0.2) is 35.3 Å². The van der Waals surface area contributed by atoms with Crippen LogP contribution < -0.4 is 10.9 Å². The van der Waals surface area contributed by atoms with Crippen LogP contribution in [0.1, 0.15) is 44.6 Å². The van der Waals surface area contributed by atoms with Crippen LogP contribution in [0.5, 0.6) is 0 Å². The molecular weight excluding hydrogens is 266 g/mol. The molecule has 2 aliphatic rings. The zero-order valence-corrected chi connectivity index (χ0v) is 12.1. The van der Waals surface area contributed by atoms with Gasteiger partial charge in [0.2, 0.25) is 5.91 Å². The van der Waals surface area contributed by atoms with Gasteiger partial charge in [-0.1, -0.05) is 12.2 Å². The van der Waals surface area contributed by atoms with Crippen LogP contribution in [0, 0.1) is 5.92 Å². The number of hydrogen-bond acceptors (Lipinski definition) is 3. The number of rotatable bonds is 3. The van der Waals surface area contributed by atoms with Gasteiger partial charge in [0.05, 0.1) is 6.04 Å². The second kappa shape index (κ2) is 6.24. The van der Waals surface area contributed by atoms with Gasteiger partial charge in [0.1, 0.15) is 0 Å². The highest BCUT2D eigenvalue weighted by Crippen LogP contribution is 2.27. The van der Waals surface area contributed by atoms with Crippen molar-refractivity contribution in [2.45, 2.75) is 50.6 Å². The minimum Gasteiger partial charge on any atom is -0.353 e. The highest BCUT2D eigenvalue weighted by atomic mass is 16.2. The van der Waals surface area contributed by atoms with E-state index in [1.54, 1.807) is 23.0 Å². The lowest BCUT2D eigenvalue weighted by Gasteiger charge is -2.30. The van der Waals surface area contributed by atoms with E-state index in [0.717, 1.165) is 38.5 Å². The summed E-state index contributed by atoms with van der Waals surface area (Å²) in [4.78, 5) is 23.9. The molecule has 1 aromatic rings. The van der Waals surface area contributed by atoms with Crippen molar-refractivity contribution in [3.63, 3.8) is 0 Å². The maximum absolute atomic E-state index is 12.1. The number of nitrogens with one attached hydrogen (secondary N) is 1. The van der Waals surface area contributed by atoms with Gasteiger partial charge >= 0.3 is 0 Å². The fourth-order valence-corrected chi connectivity index (χ4v) is 3.26. The molecule has 0 bridgehead atoms. The van der Waals surface area contributed by atoms with E-state index in [1.807, 2.05) is 0 Å². The Labute approximate surface area is 124 Å². The van der Waals surface area contributed by atoms with Crippen molar-refractivity contribution < 1.29 is 4.79 Å². The van der Waals surface area contributed by atoms with E-state index >= 15 is 0 Å². The number of nitrogens with zero attached hydrogens (tertiary/aromatic N) is 2. The summed E-state index contributed by atoms with van der Waals surface area (Å²) in [6.45, 7) is 0. The third kappa shape index (κ3) is 3.23. The molecule has 0 atom stereocenters. The zero-order chi connectivity index (χ0) is 14.7. The quantitative estimate of drug-likeness (QED) is 0.862. The van der Waals surface area contributed by atoms with E-state index in [-0.39, 0.29) is 29.5 Å². The van der Waals surface area contributed by atoms with Gasteiger partial charge < -0.3 is 5.32 Å². The molecule has 1 saturated carbocycles. The predicted octanol–water partition coefficient (Wildman–Crippen LogP) is 1.81. The van der Waals surface area contributed by atoms with E-state index in [1.165, 1.54) is 0 Å². The molecule has 1 amide bonds. The summed E-state index contributed by atoms with van der Waals surface area (Å²) in [5.41, 5.74) is -0.0398. The molecule has 21 heavy (non-hydrogen) atoms. The molecule has 0 unspecified atom stereocenters. The number of aromatic nitrogens is 2. The maximum Gasteiger partial charge on any atom is 0.266 e. The molecule has 0 aliphatic heterocycles. The predicted molar refractivity (Wildman–Crippen MR) is 79.8 cm³/mol. The molecule has 0 aromatic carbocycles. The lowest BCUT2D eigenvalue weighted by atomic mass is 9.90. The molecule has 1 N–H and O–H groups in total. The number of allylic oxidation sites excluding steroid dienone is 2. The Morgan fingerprint density at radius 2 is 1.90 bits per heavy atom. The van der Waals surface area contributed by atoms with Crippen molar-refractivity contribution in [2.24, 2.45) is 5.92 Å². The van der Waals surface area contributed by atoms with Crippen molar-refractivity contribution >= 4 is 5.91 Å². The molecular formula is C16H21N3O2. The van der Waals surface area contributed by atoms with Crippen LogP contribution in [0.4, 0.5) is 0 Å². The first kappa shape index (κ1) is 14.0. The molecule has 0 saturated heterocycles. The Kier molecular flexibility index (Phi) is 4.18. The van der Waals surface area contributed by atoms with Crippen molar-refractivity contribution in [2.75, 3.05) is 0 Å². The van der Waals surface area contributed by atoms with Crippen LogP contribution in [0.2, 0.25) is 0 Å². The second-order valence-corrected chi connectivity index (χ2v) is 5.96. The summed E-state index contributed by atoms with van der Waals surface area (Å²) >= 11 is 0. The largest absolute Gasteiger partial charge is 0.353 e. The first-order valence-corrected chi connectivity index (χ1v) is 7.73. The number of hydrogen-bond donors (Lipinski definition) is 1. The Morgan fingerprint density at radius 3 is 2.57 bits per heavy atom. The summed E-state index contributed by atoms with van der Waals surface area (Å²) in [5.74, 6) is 0.305. The number of carbonyl (C=O) groups is 1. The lowest BCUT2D eigenvalue weighted by molar-refractivity contribution is -0.125. The first-order chi connectivity index (χ1) is 10.2. The SMILES string of the molecule is O=C(NC1CCC(n2ncccc2=O)CC1)C1CC=CC1. The van der Waals surface area contributed by atoms with E-state index in [9.17, 15) is 9.59 Å². The van der Waals surface area contributed by atoms with Gasteiger partial charge in [0.25, 0.3) is 5.56 Å². The zero-order valence-electron chi connectivity index (χ0n) is 12.1. The van der Waals surface area contributed by atoms with Crippen molar-refractivity contribution in [3.8, 4) is 0 Å². The van der Waals surface area contributed by atoms with Gasteiger partial charge in [-0.25, -0.2) is 4.68 Å². The average molecular weight is 287 g/mol. The summed E-state index contributed by atoms with van der Waals surface area (Å²) in [5, 5.41) is 7.32. The minimum atomic E-state index is -0.0398. The molecule has 2 aliphatic carbocycles. The number of amides is 1.